The molecule has 1 atom stereocenters. The molecular formula is C21H21BrN2O5. The van der Waals surface area contributed by atoms with Gasteiger partial charge in [0.2, 0.25) is 5.91 Å². The van der Waals surface area contributed by atoms with E-state index in [4.69, 9.17) is 9.47 Å². The van der Waals surface area contributed by atoms with E-state index >= 15 is 0 Å². The zero-order valence-corrected chi connectivity index (χ0v) is 17.7. The number of amides is 2. The van der Waals surface area contributed by atoms with Crippen molar-refractivity contribution in [1.82, 2.24) is 0 Å². The number of esters is 1. The number of aryl methyl sites for hydroxylation is 1. The average molecular weight is 461 g/mol. The lowest BCUT2D eigenvalue weighted by Crippen LogP contribution is -2.28. The van der Waals surface area contributed by atoms with Gasteiger partial charge in [-0.25, -0.2) is 0 Å². The van der Waals surface area contributed by atoms with Crippen LogP contribution in [0.4, 0.5) is 11.4 Å². The Morgan fingerprint density at radius 3 is 2.72 bits per heavy atom. The Morgan fingerprint density at radius 2 is 2.00 bits per heavy atom. The molecule has 2 aromatic carbocycles. The van der Waals surface area contributed by atoms with Crippen molar-refractivity contribution in [2.45, 2.75) is 13.3 Å². The predicted octanol–water partition coefficient (Wildman–Crippen LogP) is 3.30. The maximum absolute atomic E-state index is 12.4. The fraction of sp³-hybridized carbons (Fsp3) is 0.286. The van der Waals surface area contributed by atoms with Crippen LogP contribution in [-0.2, 0) is 19.1 Å². The average Bonchev–Trinajstić information content (AvgIpc) is 3.10. The molecule has 2 aromatic rings. The van der Waals surface area contributed by atoms with Gasteiger partial charge in [0, 0.05) is 23.1 Å². The third-order valence-electron chi connectivity index (χ3n) is 4.62. The number of hydrogen-bond acceptors (Lipinski definition) is 5. The molecule has 2 amide bonds. The van der Waals surface area contributed by atoms with Gasteiger partial charge in [-0.3, -0.25) is 14.4 Å². The molecular weight excluding hydrogens is 440 g/mol. The normalized spacial score (nSPS) is 15.9. The second kappa shape index (κ2) is 9.09. The number of nitrogens with one attached hydrogen (secondary N) is 1. The fourth-order valence-electron chi connectivity index (χ4n) is 3.13. The van der Waals surface area contributed by atoms with Crippen molar-refractivity contribution in [2.75, 3.05) is 30.5 Å². The van der Waals surface area contributed by atoms with E-state index in [2.05, 4.69) is 21.2 Å². The molecule has 1 saturated heterocycles. The monoisotopic (exact) mass is 460 g/mol. The number of hydrogen-bond donors (Lipinski definition) is 1. The summed E-state index contributed by atoms with van der Waals surface area (Å²) in [6.07, 6.45) is 0.0322. The quantitative estimate of drug-likeness (QED) is 0.668. The van der Waals surface area contributed by atoms with Crippen molar-refractivity contribution < 1.29 is 23.9 Å². The number of methoxy groups -OCH3 is 1. The molecule has 0 aromatic heterocycles. The molecule has 1 aliphatic rings. The SMILES string of the molecule is COc1ccccc1N1C[C@@H](C(=O)OCC(=O)Nc2ccc(Br)c(C)c2)CC1=O. The first-order chi connectivity index (χ1) is 13.9. The minimum absolute atomic E-state index is 0.0322. The fourth-order valence-corrected chi connectivity index (χ4v) is 3.37. The summed E-state index contributed by atoms with van der Waals surface area (Å²) in [4.78, 5) is 38.3. The van der Waals surface area contributed by atoms with Crippen molar-refractivity contribution >= 4 is 45.1 Å². The molecule has 0 saturated carbocycles. The summed E-state index contributed by atoms with van der Waals surface area (Å²) in [6, 6.07) is 12.5. The van der Waals surface area contributed by atoms with Crippen LogP contribution < -0.4 is 15.0 Å². The highest BCUT2D eigenvalue weighted by molar-refractivity contribution is 9.10. The first kappa shape index (κ1) is 20.9. The van der Waals surface area contributed by atoms with Crippen molar-refractivity contribution in [2.24, 2.45) is 5.92 Å². The van der Waals surface area contributed by atoms with E-state index in [-0.39, 0.29) is 18.9 Å². The number of anilines is 2. The van der Waals surface area contributed by atoms with Gasteiger partial charge in [0.05, 0.1) is 18.7 Å². The number of para-hydroxylation sites is 2. The van der Waals surface area contributed by atoms with E-state index in [1.165, 1.54) is 12.0 Å². The van der Waals surface area contributed by atoms with Crippen LogP contribution in [-0.4, -0.2) is 38.0 Å². The molecule has 0 bridgehead atoms. The molecule has 0 radical (unpaired) electrons. The van der Waals surface area contributed by atoms with E-state index in [1.807, 2.05) is 19.1 Å². The van der Waals surface area contributed by atoms with E-state index in [0.717, 1.165) is 10.0 Å². The van der Waals surface area contributed by atoms with Gasteiger partial charge in [0.25, 0.3) is 5.91 Å². The molecule has 0 aliphatic carbocycles. The summed E-state index contributed by atoms with van der Waals surface area (Å²) in [6.45, 7) is 1.68. The minimum atomic E-state index is -0.630. The highest BCUT2D eigenvalue weighted by Crippen LogP contribution is 2.33. The zero-order chi connectivity index (χ0) is 21.0. The Kier molecular flexibility index (Phi) is 6.53. The standard InChI is InChI=1S/C21H21BrN2O5/c1-13-9-15(7-8-16(13)22)23-19(25)12-29-21(27)14-10-20(26)24(11-14)17-5-3-4-6-18(17)28-2/h3-9,14H,10-12H2,1-2H3,(H,23,25)/t14-/m0/s1. The van der Waals surface area contributed by atoms with Crippen LogP contribution in [0.2, 0.25) is 0 Å². The molecule has 1 heterocycles. The van der Waals surface area contributed by atoms with Gasteiger partial charge in [-0.2, -0.15) is 0 Å². The Labute approximate surface area is 177 Å². The third-order valence-corrected chi connectivity index (χ3v) is 5.51. The summed E-state index contributed by atoms with van der Waals surface area (Å²) in [5, 5.41) is 2.68. The summed E-state index contributed by atoms with van der Waals surface area (Å²) >= 11 is 3.40. The number of carbonyl (C=O) groups is 3. The van der Waals surface area contributed by atoms with Crippen molar-refractivity contribution in [3.8, 4) is 5.75 Å². The molecule has 29 heavy (non-hydrogen) atoms. The van der Waals surface area contributed by atoms with Crippen LogP contribution in [0.5, 0.6) is 5.75 Å². The molecule has 152 valence electrons. The second-order valence-corrected chi connectivity index (χ2v) is 7.55. The lowest BCUT2D eigenvalue weighted by Gasteiger charge is -2.19. The summed E-state index contributed by atoms with van der Waals surface area (Å²) in [5.41, 5.74) is 2.20. The van der Waals surface area contributed by atoms with Gasteiger partial charge in [-0.15, -0.1) is 0 Å². The highest BCUT2D eigenvalue weighted by Gasteiger charge is 2.37. The molecule has 7 nitrogen and oxygen atoms in total. The summed E-state index contributed by atoms with van der Waals surface area (Å²) in [5.74, 6) is -1.27. The van der Waals surface area contributed by atoms with E-state index in [0.29, 0.717) is 17.1 Å². The summed E-state index contributed by atoms with van der Waals surface area (Å²) < 4.78 is 11.4. The number of carbonyl (C=O) groups excluding carboxylic acids is 3. The maximum atomic E-state index is 12.4. The molecule has 1 N–H and O–H groups in total. The lowest BCUT2D eigenvalue weighted by atomic mass is 10.1. The number of rotatable bonds is 6. The van der Waals surface area contributed by atoms with Crippen molar-refractivity contribution in [3.63, 3.8) is 0 Å². The number of benzene rings is 2. The molecule has 3 rings (SSSR count). The van der Waals surface area contributed by atoms with Crippen LogP contribution in [0.1, 0.15) is 12.0 Å². The second-order valence-electron chi connectivity index (χ2n) is 6.70. The third kappa shape index (κ3) is 4.95. The molecule has 0 unspecified atom stereocenters. The van der Waals surface area contributed by atoms with Gasteiger partial charge in [-0.05, 0) is 42.8 Å². The van der Waals surface area contributed by atoms with Crippen molar-refractivity contribution in [3.05, 3.63) is 52.5 Å². The van der Waals surface area contributed by atoms with Gasteiger partial charge in [-0.1, -0.05) is 28.1 Å². The zero-order valence-electron chi connectivity index (χ0n) is 16.1. The number of nitrogens with zero attached hydrogens (tertiary/aromatic N) is 1. The van der Waals surface area contributed by atoms with Crippen molar-refractivity contribution in [1.29, 1.82) is 0 Å². The van der Waals surface area contributed by atoms with Gasteiger partial charge in [0.15, 0.2) is 6.61 Å². The van der Waals surface area contributed by atoms with E-state index in [9.17, 15) is 14.4 Å². The Balaban J connectivity index is 1.55. The smallest absolute Gasteiger partial charge is 0.311 e. The predicted molar refractivity (Wildman–Crippen MR) is 112 cm³/mol. The molecule has 1 fully saturated rings. The van der Waals surface area contributed by atoms with E-state index < -0.39 is 24.4 Å². The van der Waals surface area contributed by atoms with Crippen LogP contribution in [0, 0.1) is 12.8 Å². The van der Waals surface area contributed by atoms with Gasteiger partial charge >= 0.3 is 5.97 Å². The number of ether oxygens (including phenoxy) is 2. The van der Waals surface area contributed by atoms with Crippen LogP contribution >= 0.6 is 15.9 Å². The molecule has 1 aliphatic heterocycles. The summed E-state index contributed by atoms with van der Waals surface area (Å²) in [7, 11) is 1.52. The molecule has 0 spiro atoms. The Bertz CT molecular complexity index is 946. The lowest BCUT2D eigenvalue weighted by molar-refractivity contribution is -0.151. The topological polar surface area (TPSA) is 84.9 Å². The maximum Gasteiger partial charge on any atom is 0.311 e. The first-order valence-electron chi connectivity index (χ1n) is 9.05. The molecule has 8 heteroatoms. The highest BCUT2D eigenvalue weighted by atomic mass is 79.9. The van der Waals surface area contributed by atoms with Crippen LogP contribution in [0.25, 0.3) is 0 Å². The Hall–Kier alpha value is -2.87. The van der Waals surface area contributed by atoms with Gasteiger partial charge in [0.1, 0.15) is 5.75 Å². The van der Waals surface area contributed by atoms with Crippen LogP contribution in [0.3, 0.4) is 0 Å². The Morgan fingerprint density at radius 1 is 1.24 bits per heavy atom. The first-order valence-corrected chi connectivity index (χ1v) is 9.84. The number of halogens is 1. The van der Waals surface area contributed by atoms with Gasteiger partial charge < -0.3 is 19.7 Å². The van der Waals surface area contributed by atoms with Crippen LogP contribution in [0.15, 0.2) is 46.9 Å². The minimum Gasteiger partial charge on any atom is -0.495 e. The van der Waals surface area contributed by atoms with E-state index in [1.54, 1.807) is 30.3 Å². The largest absolute Gasteiger partial charge is 0.495 e.